The standard InChI is InChI=1S/C17H27N/c1-15(2)17-11-7-13-18(14-17)12-6-10-16-8-4-3-5-9-16/h3-5,8-9,15,17H,6-7,10-14H2,1-2H3/t17-/m0/s1. The largest absolute Gasteiger partial charge is 0.303 e. The fraction of sp³-hybridized carbons (Fsp3) is 0.647. The lowest BCUT2D eigenvalue weighted by atomic mass is 9.88. The highest BCUT2D eigenvalue weighted by atomic mass is 15.1. The summed E-state index contributed by atoms with van der Waals surface area (Å²) >= 11 is 0. The monoisotopic (exact) mass is 245 g/mol. The van der Waals surface area contributed by atoms with Gasteiger partial charge in [0.15, 0.2) is 0 Å². The SMILES string of the molecule is CC(C)[C@H]1CCCN(CCCc2ccccc2)C1. The fourth-order valence-corrected chi connectivity index (χ4v) is 2.99. The molecule has 1 nitrogen and oxygen atoms in total. The molecule has 2 rings (SSSR count). The minimum absolute atomic E-state index is 0.849. The van der Waals surface area contributed by atoms with Crippen LogP contribution in [-0.2, 0) is 6.42 Å². The van der Waals surface area contributed by atoms with Crippen molar-refractivity contribution in [2.45, 2.75) is 39.5 Å². The van der Waals surface area contributed by atoms with E-state index >= 15 is 0 Å². The van der Waals surface area contributed by atoms with E-state index in [0.29, 0.717) is 0 Å². The number of rotatable bonds is 5. The van der Waals surface area contributed by atoms with Gasteiger partial charge in [-0.05, 0) is 56.2 Å². The van der Waals surface area contributed by atoms with Crippen molar-refractivity contribution < 1.29 is 0 Å². The molecule has 1 aliphatic heterocycles. The minimum Gasteiger partial charge on any atom is -0.303 e. The van der Waals surface area contributed by atoms with Crippen LogP contribution in [-0.4, -0.2) is 24.5 Å². The number of likely N-dealkylation sites (tertiary alicyclic amines) is 1. The maximum atomic E-state index is 2.68. The van der Waals surface area contributed by atoms with Gasteiger partial charge in [0.1, 0.15) is 0 Å². The van der Waals surface area contributed by atoms with Crippen LogP contribution in [0.3, 0.4) is 0 Å². The lowest BCUT2D eigenvalue weighted by Gasteiger charge is -2.34. The summed E-state index contributed by atoms with van der Waals surface area (Å²) in [6.07, 6.45) is 5.36. The summed E-state index contributed by atoms with van der Waals surface area (Å²) in [5, 5.41) is 0. The molecule has 1 fully saturated rings. The van der Waals surface area contributed by atoms with Crippen LogP contribution in [0, 0.1) is 11.8 Å². The Balaban J connectivity index is 1.70. The molecule has 18 heavy (non-hydrogen) atoms. The number of benzene rings is 1. The predicted molar refractivity (Wildman–Crippen MR) is 78.8 cm³/mol. The van der Waals surface area contributed by atoms with Crippen molar-refractivity contribution in [3.63, 3.8) is 0 Å². The third-order valence-corrected chi connectivity index (χ3v) is 4.27. The molecule has 0 unspecified atom stereocenters. The summed E-state index contributed by atoms with van der Waals surface area (Å²) < 4.78 is 0. The molecule has 0 spiro atoms. The second-order valence-electron chi connectivity index (χ2n) is 6.04. The third-order valence-electron chi connectivity index (χ3n) is 4.27. The van der Waals surface area contributed by atoms with E-state index < -0.39 is 0 Å². The van der Waals surface area contributed by atoms with Crippen LogP contribution in [0.25, 0.3) is 0 Å². The van der Waals surface area contributed by atoms with E-state index in [-0.39, 0.29) is 0 Å². The summed E-state index contributed by atoms with van der Waals surface area (Å²) in [7, 11) is 0. The van der Waals surface area contributed by atoms with Gasteiger partial charge in [-0.3, -0.25) is 0 Å². The molecule has 0 aromatic heterocycles. The molecule has 0 N–H and O–H groups in total. The van der Waals surface area contributed by atoms with Crippen molar-refractivity contribution >= 4 is 0 Å². The van der Waals surface area contributed by atoms with E-state index in [1.807, 2.05) is 0 Å². The fourth-order valence-electron chi connectivity index (χ4n) is 2.99. The smallest absolute Gasteiger partial charge is 0.00121 e. The van der Waals surface area contributed by atoms with Gasteiger partial charge < -0.3 is 4.90 Å². The lowest BCUT2D eigenvalue weighted by Crippen LogP contribution is -2.38. The first-order valence-corrected chi connectivity index (χ1v) is 7.52. The first-order valence-electron chi connectivity index (χ1n) is 7.52. The van der Waals surface area contributed by atoms with Crippen LogP contribution < -0.4 is 0 Å². The number of aryl methyl sites for hydroxylation is 1. The molecule has 1 heterocycles. The molecule has 1 saturated heterocycles. The Kier molecular flexibility index (Phi) is 5.25. The number of nitrogens with zero attached hydrogens (tertiary/aromatic N) is 1. The molecular formula is C17H27N. The van der Waals surface area contributed by atoms with Crippen molar-refractivity contribution in [2.24, 2.45) is 11.8 Å². The molecule has 0 amide bonds. The van der Waals surface area contributed by atoms with Gasteiger partial charge in [0.2, 0.25) is 0 Å². The topological polar surface area (TPSA) is 3.24 Å². The molecule has 100 valence electrons. The summed E-state index contributed by atoms with van der Waals surface area (Å²) in [6, 6.07) is 10.9. The van der Waals surface area contributed by atoms with Gasteiger partial charge in [-0.2, -0.15) is 0 Å². The number of hydrogen-bond donors (Lipinski definition) is 0. The van der Waals surface area contributed by atoms with Gasteiger partial charge in [-0.1, -0.05) is 44.2 Å². The van der Waals surface area contributed by atoms with Crippen molar-refractivity contribution in [1.82, 2.24) is 4.90 Å². The summed E-state index contributed by atoms with van der Waals surface area (Å²) in [5.74, 6) is 1.78. The van der Waals surface area contributed by atoms with Crippen LogP contribution in [0.15, 0.2) is 30.3 Å². The first kappa shape index (κ1) is 13.6. The number of hydrogen-bond acceptors (Lipinski definition) is 1. The molecule has 0 aliphatic carbocycles. The molecule has 0 saturated carbocycles. The molecule has 0 radical (unpaired) electrons. The van der Waals surface area contributed by atoms with Crippen molar-refractivity contribution in [3.8, 4) is 0 Å². The highest BCUT2D eigenvalue weighted by Crippen LogP contribution is 2.23. The first-order chi connectivity index (χ1) is 8.75. The van der Waals surface area contributed by atoms with Crippen LogP contribution in [0.5, 0.6) is 0 Å². The van der Waals surface area contributed by atoms with Crippen LogP contribution in [0.4, 0.5) is 0 Å². The average Bonchev–Trinajstić information content (AvgIpc) is 2.40. The molecule has 1 atom stereocenters. The average molecular weight is 245 g/mol. The van der Waals surface area contributed by atoms with Gasteiger partial charge in [0.25, 0.3) is 0 Å². The van der Waals surface area contributed by atoms with E-state index in [4.69, 9.17) is 0 Å². The normalized spacial score (nSPS) is 21.4. The summed E-state index contributed by atoms with van der Waals surface area (Å²) in [6.45, 7) is 8.67. The van der Waals surface area contributed by atoms with Crippen LogP contribution in [0.1, 0.15) is 38.7 Å². The maximum Gasteiger partial charge on any atom is 0.00121 e. The van der Waals surface area contributed by atoms with Gasteiger partial charge in [0, 0.05) is 6.54 Å². The van der Waals surface area contributed by atoms with E-state index in [9.17, 15) is 0 Å². The zero-order chi connectivity index (χ0) is 12.8. The lowest BCUT2D eigenvalue weighted by molar-refractivity contribution is 0.144. The highest BCUT2D eigenvalue weighted by Gasteiger charge is 2.21. The van der Waals surface area contributed by atoms with E-state index in [1.165, 1.54) is 50.9 Å². The van der Waals surface area contributed by atoms with Crippen molar-refractivity contribution in [1.29, 1.82) is 0 Å². The number of piperidine rings is 1. The molecule has 1 aliphatic rings. The van der Waals surface area contributed by atoms with Crippen LogP contribution in [0.2, 0.25) is 0 Å². The molecule has 1 heteroatoms. The van der Waals surface area contributed by atoms with Gasteiger partial charge >= 0.3 is 0 Å². The Morgan fingerprint density at radius 3 is 2.72 bits per heavy atom. The highest BCUT2D eigenvalue weighted by molar-refractivity contribution is 5.14. The molecule has 0 bridgehead atoms. The molecule has 1 aromatic carbocycles. The predicted octanol–water partition coefficient (Wildman–Crippen LogP) is 3.99. The Hall–Kier alpha value is -0.820. The molecule has 1 aromatic rings. The Bertz CT molecular complexity index is 331. The Labute approximate surface area is 112 Å². The second kappa shape index (κ2) is 6.94. The van der Waals surface area contributed by atoms with Gasteiger partial charge in [0.05, 0.1) is 0 Å². The molecular weight excluding hydrogens is 218 g/mol. The van der Waals surface area contributed by atoms with E-state index in [2.05, 4.69) is 49.1 Å². The zero-order valence-electron chi connectivity index (χ0n) is 11.9. The quantitative estimate of drug-likeness (QED) is 0.758. The van der Waals surface area contributed by atoms with E-state index in [0.717, 1.165) is 11.8 Å². The van der Waals surface area contributed by atoms with Gasteiger partial charge in [-0.25, -0.2) is 0 Å². The summed E-state index contributed by atoms with van der Waals surface area (Å²) in [5.41, 5.74) is 1.48. The maximum absolute atomic E-state index is 2.68. The zero-order valence-corrected chi connectivity index (χ0v) is 11.9. The summed E-state index contributed by atoms with van der Waals surface area (Å²) in [4.78, 5) is 2.68. The third kappa shape index (κ3) is 4.13. The van der Waals surface area contributed by atoms with Crippen molar-refractivity contribution in [3.05, 3.63) is 35.9 Å². The second-order valence-corrected chi connectivity index (χ2v) is 6.04. The van der Waals surface area contributed by atoms with Crippen LogP contribution >= 0.6 is 0 Å². The van der Waals surface area contributed by atoms with Gasteiger partial charge in [-0.15, -0.1) is 0 Å². The Morgan fingerprint density at radius 1 is 1.22 bits per heavy atom. The minimum atomic E-state index is 0.849. The van der Waals surface area contributed by atoms with Crippen molar-refractivity contribution in [2.75, 3.05) is 19.6 Å². The Morgan fingerprint density at radius 2 is 2.00 bits per heavy atom. The van der Waals surface area contributed by atoms with E-state index in [1.54, 1.807) is 0 Å².